The molecule has 0 saturated carbocycles. The Labute approximate surface area is 129 Å². The molecule has 3 nitrogen and oxygen atoms in total. The highest BCUT2D eigenvalue weighted by Gasteiger charge is 2.40. The number of nitrogens with one attached hydrogen (secondary N) is 1. The molecule has 21 heavy (non-hydrogen) atoms. The van der Waals surface area contributed by atoms with Crippen LogP contribution in [0.1, 0.15) is 52.1 Å². The van der Waals surface area contributed by atoms with Crippen molar-refractivity contribution in [3.05, 3.63) is 29.8 Å². The molecular weight excluding hydrogens is 260 g/mol. The highest BCUT2D eigenvalue weighted by molar-refractivity contribution is 5.42. The quantitative estimate of drug-likeness (QED) is 0.776. The smallest absolute Gasteiger partial charge is 0.125 e. The first kappa shape index (κ1) is 16.3. The Morgan fingerprint density at radius 3 is 2.67 bits per heavy atom. The van der Waals surface area contributed by atoms with Crippen LogP contribution < -0.4 is 10.1 Å². The second-order valence-corrected chi connectivity index (χ2v) is 6.91. The van der Waals surface area contributed by atoms with Crippen molar-refractivity contribution in [2.75, 3.05) is 20.1 Å². The lowest BCUT2D eigenvalue weighted by atomic mass is 9.94. The third kappa shape index (κ3) is 3.98. The molecule has 1 N–H and O–H groups in total. The Morgan fingerprint density at radius 2 is 1.95 bits per heavy atom. The summed E-state index contributed by atoms with van der Waals surface area (Å²) in [5.41, 5.74) is 1.13. The molecule has 1 aliphatic rings. The van der Waals surface area contributed by atoms with Gasteiger partial charge in [0.2, 0.25) is 0 Å². The first-order chi connectivity index (χ1) is 9.92. The molecule has 2 rings (SSSR count). The highest BCUT2D eigenvalue weighted by atomic mass is 16.5. The zero-order chi connectivity index (χ0) is 15.5. The van der Waals surface area contributed by atoms with Gasteiger partial charge in [-0.25, -0.2) is 0 Å². The predicted octanol–water partition coefficient (Wildman–Crippen LogP) is 3.61. The van der Waals surface area contributed by atoms with Crippen molar-refractivity contribution >= 4 is 0 Å². The molecular formula is C18H30N2O. The van der Waals surface area contributed by atoms with Crippen LogP contribution in [0.3, 0.4) is 0 Å². The number of benzene rings is 1. The number of fused-ring (bicyclic) bond motifs is 1. The van der Waals surface area contributed by atoms with Crippen LogP contribution in [0.15, 0.2) is 24.3 Å². The average Bonchev–Trinajstić information content (AvgIpc) is 2.68. The summed E-state index contributed by atoms with van der Waals surface area (Å²) < 4.78 is 6.06. The van der Waals surface area contributed by atoms with E-state index in [0.717, 1.165) is 12.3 Å². The summed E-state index contributed by atoms with van der Waals surface area (Å²) in [6.45, 7) is 11.0. The fourth-order valence-corrected chi connectivity index (χ4v) is 2.88. The van der Waals surface area contributed by atoms with Crippen LogP contribution in [0, 0.1) is 0 Å². The fourth-order valence-electron chi connectivity index (χ4n) is 2.88. The summed E-state index contributed by atoms with van der Waals surface area (Å²) >= 11 is 0. The third-order valence-corrected chi connectivity index (χ3v) is 4.47. The van der Waals surface area contributed by atoms with Crippen molar-refractivity contribution in [2.45, 2.75) is 58.2 Å². The first-order valence-electron chi connectivity index (χ1n) is 8.13. The Balaban J connectivity index is 1.80. The maximum atomic E-state index is 6.06. The van der Waals surface area contributed by atoms with E-state index < -0.39 is 0 Å². The first-order valence-corrected chi connectivity index (χ1v) is 8.13. The van der Waals surface area contributed by atoms with Crippen LogP contribution in [0.2, 0.25) is 0 Å². The van der Waals surface area contributed by atoms with Crippen molar-refractivity contribution in [1.82, 2.24) is 10.2 Å². The van der Waals surface area contributed by atoms with Gasteiger partial charge < -0.3 is 15.0 Å². The minimum Gasteiger partial charge on any atom is -0.486 e. The van der Waals surface area contributed by atoms with Gasteiger partial charge in [-0.15, -0.1) is 0 Å². The molecule has 1 unspecified atom stereocenters. The molecule has 0 radical (unpaired) electrons. The van der Waals surface area contributed by atoms with Gasteiger partial charge in [-0.3, -0.25) is 0 Å². The molecule has 3 heteroatoms. The summed E-state index contributed by atoms with van der Waals surface area (Å²) in [6, 6.07) is 9.29. The van der Waals surface area contributed by atoms with Gasteiger partial charge in [0, 0.05) is 11.6 Å². The summed E-state index contributed by atoms with van der Waals surface area (Å²) in [5.74, 6) is 1.03. The van der Waals surface area contributed by atoms with E-state index in [1.165, 1.54) is 24.9 Å². The molecule has 0 bridgehead atoms. The lowest BCUT2D eigenvalue weighted by Crippen LogP contribution is -2.39. The zero-order valence-electron chi connectivity index (χ0n) is 14.1. The number of nitrogens with zero attached hydrogens (tertiary/aromatic N) is 1. The van der Waals surface area contributed by atoms with E-state index in [-0.39, 0.29) is 11.6 Å². The van der Waals surface area contributed by atoms with Gasteiger partial charge in [0.25, 0.3) is 0 Å². The Kier molecular flexibility index (Phi) is 5.28. The van der Waals surface area contributed by atoms with Crippen LogP contribution in [0.5, 0.6) is 5.75 Å². The van der Waals surface area contributed by atoms with Gasteiger partial charge in [-0.1, -0.05) is 18.2 Å². The minimum atomic E-state index is -0.168. The summed E-state index contributed by atoms with van der Waals surface area (Å²) in [6.07, 6.45) is 2.43. The second-order valence-electron chi connectivity index (χ2n) is 6.91. The Bertz CT molecular complexity index is 456. The van der Waals surface area contributed by atoms with Gasteiger partial charge in [0.05, 0.1) is 6.04 Å². The molecule has 118 valence electrons. The molecule has 1 heterocycles. The number of ether oxygens (including phenoxy) is 1. The molecule has 0 saturated heterocycles. The Morgan fingerprint density at radius 1 is 1.24 bits per heavy atom. The number of para-hydroxylation sites is 1. The normalized spacial score (nSPS) is 19.9. The maximum absolute atomic E-state index is 6.06. The topological polar surface area (TPSA) is 24.5 Å². The largest absolute Gasteiger partial charge is 0.486 e. The van der Waals surface area contributed by atoms with Crippen LogP contribution in [0.4, 0.5) is 0 Å². The van der Waals surface area contributed by atoms with E-state index in [1.807, 2.05) is 6.07 Å². The van der Waals surface area contributed by atoms with Crippen molar-refractivity contribution in [2.24, 2.45) is 0 Å². The predicted molar refractivity (Wildman–Crippen MR) is 88.9 cm³/mol. The summed E-state index contributed by atoms with van der Waals surface area (Å²) in [4.78, 5) is 2.40. The van der Waals surface area contributed by atoms with Gasteiger partial charge in [0.15, 0.2) is 0 Å². The van der Waals surface area contributed by atoms with Crippen LogP contribution in [-0.2, 0) is 0 Å². The number of rotatable bonds is 7. The minimum absolute atomic E-state index is 0.168. The maximum Gasteiger partial charge on any atom is 0.125 e. The SMILES string of the molecule is CC(C)N(C)CCCCNC1c2ccccc2OC1(C)C. The van der Waals surface area contributed by atoms with E-state index in [0.29, 0.717) is 6.04 Å². The molecule has 1 aromatic rings. The van der Waals surface area contributed by atoms with E-state index in [2.05, 4.69) is 63.2 Å². The third-order valence-electron chi connectivity index (χ3n) is 4.47. The molecule has 1 atom stereocenters. The van der Waals surface area contributed by atoms with Crippen molar-refractivity contribution in [3.8, 4) is 5.75 Å². The monoisotopic (exact) mass is 290 g/mol. The molecule has 1 aromatic carbocycles. The second kappa shape index (κ2) is 6.80. The van der Waals surface area contributed by atoms with Gasteiger partial charge >= 0.3 is 0 Å². The number of unbranched alkanes of at least 4 members (excludes halogenated alkanes) is 1. The summed E-state index contributed by atoms with van der Waals surface area (Å²) in [5, 5.41) is 3.69. The fraction of sp³-hybridized carbons (Fsp3) is 0.667. The zero-order valence-corrected chi connectivity index (χ0v) is 14.1. The van der Waals surface area contributed by atoms with E-state index in [4.69, 9.17) is 4.74 Å². The van der Waals surface area contributed by atoms with E-state index >= 15 is 0 Å². The lowest BCUT2D eigenvalue weighted by Gasteiger charge is -2.27. The van der Waals surface area contributed by atoms with Crippen LogP contribution in [-0.4, -0.2) is 36.7 Å². The molecule has 1 aliphatic heterocycles. The molecule has 0 aromatic heterocycles. The van der Waals surface area contributed by atoms with Crippen LogP contribution >= 0.6 is 0 Å². The van der Waals surface area contributed by atoms with Crippen LogP contribution in [0.25, 0.3) is 0 Å². The lowest BCUT2D eigenvalue weighted by molar-refractivity contribution is 0.0963. The van der Waals surface area contributed by atoms with E-state index in [9.17, 15) is 0 Å². The van der Waals surface area contributed by atoms with Crippen molar-refractivity contribution in [3.63, 3.8) is 0 Å². The average molecular weight is 290 g/mol. The Hall–Kier alpha value is -1.06. The molecule has 0 fully saturated rings. The number of hydrogen-bond donors (Lipinski definition) is 1. The van der Waals surface area contributed by atoms with Gasteiger partial charge in [0.1, 0.15) is 11.4 Å². The van der Waals surface area contributed by atoms with Gasteiger partial charge in [-0.05, 0) is 66.7 Å². The summed E-state index contributed by atoms with van der Waals surface area (Å²) in [7, 11) is 2.20. The van der Waals surface area contributed by atoms with Crippen molar-refractivity contribution in [1.29, 1.82) is 0 Å². The number of hydrogen-bond acceptors (Lipinski definition) is 3. The molecule has 0 aliphatic carbocycles. The standard InChI is InChI=1S/C18H30N2O/c1-14(2)20(5)13-9-8-12-19-17-15-10-6-7-11-16(15)21-18(17,3)4/h6-7,10-11,14,17,19H,8-9,12-13H2,1-5H3. The van der Waals surface area contributed by atoms with E-state index in [1.54, 1.807) is 0 Å². The molecule has 0 amide bonds. The van der Waals surface area contributed by atoms with Gasteiger partial charge in [-0.2, -0.15) is 0 Å². The highest BCUT2D eigenvalue weighted by Crippen LogP contribution is 2.42. The van der Waals surface area contributed by atoms with Crippen molar-refractivity contribution < 1.29 is 4.74 Å². The molecule has 0 spiro atoms.